The molecule has 0 bridgehead atoms. The van der Waals surface area contributed by atoms with E-state index in [1.165, 1.54) is 6.08 Å². The molecule has 17 heavy (non-hydrogen) atoms. The molecule has 0 fully saturated rings. The fourth-order valence-electron chi connectivity index (χ4n) is 1.74. The molecular weight excluding hydrogens is 259 g/mol. The number of allylic oxidation sites excluding steroid dienone is 3. The Morgan fingerprint density at radius 2 is 1.94 bits per heavy atom. The monoisotopic (exact) mass is 268 g/mol. The summed E-state index contributed by atoms with van der Waals surface area (Å²) >= 11 is 12.2. The van der Waals surface area contributed by atoms with Gasteiger partial charge in [-0.25, -0.2) is 4.79 Å². The molecule has 2 atom stereocenters. The summed E-state index contributed by atoms with van der Waals surface area (Å²) in [7, 11) is 0. The summed E-state index contributed by atoms with van der Waals surface area (Å²) < 4.78 is 0. The van der Waals surface area contributed by atoms with E-state index in [2.05, 4.69) is 0 Å². The van der Waals surface area contributed by atoms with Gasteiger partial charge in [0.05, 0.1) is 5.38 Å². The highest BCUT2D eigenvalue weighted by Crippen LogP contribution is 2.39. The SMILES string of the molecule is O=C(O)C1(Cl)C=CC=C(c2ccccc2)C1Cl. The summed E-state index contributed by atoms with van der Waals surface area (Å²) in [5.41, 5.74) is 1.59. The number of alkyl halides is 2. The molecule has 1 aliphatic rings. The Balaban J connectivity index is 2.42. The molecule has 0 spiro atoms. The standard InChI is InChI=1S/C13H10Cl2O2/c14-11-10(9-5-2-1-3-6-9)7-4-8-13(11,15)12(16)17/h1-8,11H,(H,16,17). The molecule has 2 rings (SSSR count). The molecule has 1 aliphatic carbocycles. The smallest absolute Gasteiger partial charge is 0.330 e. The fraction of sp³-hybridized carbons (Fsp3) is 0.154. The van der Waals surface area contributed by atoms with Crippen LogP contribution in [0.2, 0.25) is 0 Å². The van der Waals surface area contributed by atoms with Crippen molar-refractivity contribution < 1.29 is 9.90 Å². The maximum atomic E-state index is 11.2. The zero-order chi connectivity index (χ0) is 12.5. The van der Waals surface area contributed by atoms with E-state index in [1.807, 2.05) is 30.3 Å². The van der Waals surface area contributed by atoms with Crippen molar-refractivity contribution in [2.45, 2.75) is 10.3 Å². The number of carboxylic acids is 1. The fourth-order valence-corrected chi connectivity index (χ4v) is 2.30. The lowest BCUT2D eigenvalue weighted by Crippen LogP contribution is -2.41. The van der Waals surface area contributed by atoms with E-state index in [-0.39, 0.29) is 0 Å². The molecule has 1 aromatic rings. The molecule has 88 valence electrons. The lowest BCUT2D eigenvalue weighted by atomic mass is 9.89. The molecule has 2 unspecified atom stereocenters. The predicted octanol–water partition coefficient (Wildman–Crippen LogP) is 3.31. The average Bonchev–Trinajstić information content (AvgIpc) is 2.33. The Bertz CT molecular complexity index is 493. The van der Waals surface area contributed by atoms with E-state index >= 15 is 0 Å². The molecule has 4 heteroatoms. The van der Waals surface area contributed by atoms with Gasteiger partial charge in [-0.3, -0.25) is 0 Å². The number of benzene rings is 1. The Hall–Kier alpha value is -1.25. The molecule has 0 radical (unpaired) electrons. The van der Waals surface area contributed by atoms with Crippen LogP contribution in [0.25, 0.3) is 5.57 Å². The van der Waals surface area contributed by atoms with E-state index < -0.39 is 16.2 Å². The molecule has 0 amide bonds. The van der Waals surface area contributed by atoms with Crippen molar-refractivity contribution in [3.05, 3.63) is 54.1 Å². The van der Waals surface area contributed by atoms with Gasteiger partial charge in [0, 0.05) is 0 Å². The highest BCUT2D eigenvalue weighted by atomic mass is 35.5. The van der Waals surface area contributed by atoms with Crippen LogP contribution in [0.15, 0.2) is 48.6 Å². The van der Waals surface area contributed by atoms with Crippen LogP contribution >= 0.6 is 23.2 Å². The Kier molecular flexibility index (Phi) is 3.27. The average molecular weight is 269 g/mol. The van der Waals surface area contributed by atoms with Gasteiger partial charge in [-0.1, -0.05) is 48.6 Å². The number of hydrogen-bond acceptors (Lipinski definition) is 1. The van der Waals surface area contributed by atoms with Gasteiger partial charge in [0.2, 0.25) is 0 Å². The van der Waals surface area contributed by atoms with Crippen molar-refractivity contribution in [2.75, 3.05) is 0 Å². The first kappa shape index (κ1) is 12.2. The molecule has 1 N–H and O–H groups in total. The van der Waals surface area contributed by atoms with Crippen LogP contribution in [0.5, 0.6) is 0 Å². The Morgan fingerprint density at radius 1 is 1.29 bits per heavy atom. The minimum atomic E-state index is -1.58. The van der Waals surface area contributed by atoms with Gasteiger partial charge in [0.1, 0.15) is 0 Å². The van der Waals surface area contributed by atoms with Crippen LogP contribution in [-0.4, -0.2) is 21.3 Å². The zero-order valence-corrected chi connectivity index (χ0v) is 10.3. The first-order chi connectivity index (χ1) is 8.05. The van der Waals surface area contributed by atoms with Crippen molar-refractivity contribution >= 4 is 34.7 Å². The molecular formula is C13H10Cl2O2. The number of carboxylic acid groups (broad SMARTS) is 1. The summed E-state index contributed by atoms with van der Waals surface area (Å²) in [5, 5.41) is 8.34. The lowest BCUT2D eigenvalue weighted by Gasteiger charge is -2.29. The second-order valence-electron chi connectivity index (χ2n) is 3.78. The van der Waals surface area contributed by atoms with Crippen LogP contribution < -0.4 is 0 Å². The minimum Gasteiger partial charge on any atom is -0.480 e. The van der Waals surface area contributed by atoms with E-state index in [0.29, 0.717) is 5.57 Å². The summed E-state index contributed by atoms with van der Waals surface area (Å²) in [6.45, 7) is 0. The molecule has 0 saturated heterocycles. The van der Waals surface area contributed by atoms with Gasteiger partial charge in [-0.2, -0.15) is 0 Å². The highest BCUT2D eigenvalue weighted by Gasteiger charge is 2.44. The molecule has 2 nitrogen and oxygen atoms in total. The van der Waals surface area contributed by atoms with E-state index in [0.717, 1.165) is 5.56 Å². The van der Waals surface area contributed by atoms with Gasteiger partial charge >= 0.3 is 5.97 Å². The summed E-state index contributed by atoms with van der Waals surface area (Å²) in [6.07, 6.45) is 4.82. The van der Waals surface area contributed by atoms with E-state index in [4.69, 9.17) is 28.3 Å². The van der Waals surface area contributed by atoms with Gasteiger partial charge in [-0.05, 0) is 11.1 Å². The van der Waals surface area contributed by atoms with E-state index in [9.17, 15) is 4.79 Å². The van der Waals surface area contributed by atoms with Crippen molar-refractivity contribution in [1.82, 2.24) is 0 Å². The predicted molar refractivity (Wildman–Crippen MR) is 69.4 cm³/mol. The topological polar surface area (TPSA) is 37.3 Å². The highest BCUT2D eigenvalue weighted by molar-refractivity contribution is 6.44. The van der Waals surface area contributed by atoms with Gasteiger partial charge in [0.25, 0.3) is 0 Å². The van der Waals surface area contributed by atoms with Crippen molar-refractivity contribution in [2.24, 2.45) is 0 Å². The van der Waals surface area contributed by atoms with E-state index in [1.54, 1.807) is 12.2 Å². The Morgan fingerprint density at radius 3 is 2.53 bits per heavy atom. The summed E-state index contributed by atoms with van der Waals surface area (Å²) in [6, 6.07) is 9.37. The number of hydrogen-bond donors (Lipinski definition) is 1. The lowest BCUT2D eigenvalue weighted by molar-refractivity contribution is -0.138. The first-order valence-electron chi connectivity index (χ1n) is 5.07. The van der Waals surface area contributed by atoms with Crippen LogP contribution in [0.4, 0.5) is 0 Å². The maximum Gasteiger partial charge on any atom is 0.330 e. The third-order valence-corrected chi connectivity index (χ3v) is 3.89. The minimum absolute atomic E-state index is 0.715. The molecule has 0 aliphatic heterocycles. The number of carbonyl (C=O) groups is 1. The summed E-state index contributed by atoms with van der Waals surface area (Å²) in [5.74, 6) is -1.14. The number of halogens is 2. The first-order valence-corrected chi connectivity index (χ1v) is 5.88. The van der Waals surface area contributed by atoms with Crippen molar-refractivity contribution in [3.8, 4) is 0 Å². The van der Waals surface area contributed by atoms with Crippen LogP contribution in [0.3, 0.4) is 0 Å². The second-order valence-corrected chi connectivity index (χ2v) is 4.84. The molecule has 0 heterocycles. The molecule has 0 aromatic heterocycles. The summed E-state index contributed by atoms with van der Waals surface area (Å²) in [4.78, 5) is 9.59. The van der Waals surface area contributed by atoms with Crippen LogP contribution in [0, 0.1) is 0 Å². The third kappa shape index (κ3) is 2.11. The quantitative estimate of drug-likeness (QED) is 0.836. The van der Waals surface area contributed by atoms with Crippen LogP contribution in [0.1, 0.15) is 5.56 Å². The third-order valence-electron chi connectivity index (χ3n) is 2.69. The van der Waals surface area contributed by atoms with Crippen molar-refractivity contribution in [3.63, 3.8) is 0 Å². The molecule has 1 aromatic carbocycles. The second kappa shape index (κ2) is 4.55. The van der Waals surface area contributed by atoms with Gasteiger partial charge in [0.15, 0.2) is 4.87 Å². The maximum absolute atomic E-state index is 11.2. The van der Waals surface area contributed by atoms with Crippen molar-refractivity contribution in [1.29, 1.82) is 0 Å². The zero-order valence-electron chi connectivity index (χ0n) is 8.81. The Labute approximate surface area is 109 Å². The number of aliphatic carboxylic acids is 1. The molecule has 0 saturated carbocycles. The normalized spacial score (nSPS) is 27.6. The largest absolute Gasteiger partial charge is 0.480 e. The van der Waals surface area contributed by atoms with Gasteiger partial charge in [-0.15, -0.1) is 23.2 Å². The van der Waals surface area contributed by atoms with Gasteiger partial charge < -0.3 is 5.11 Å². The van der Waals surface area contributed by atoms with Crippen LogP contribution in [-0.2, 0) is 4.79 Å². The number of rotatable bonds is 2.